The van der Waals surface area contributed by atoms with Crippen LogP contribution in [0.2, 0.25) is 18.6 Å². The molecule has 0 saturated carbocycles. The molecule has 68 valence electrons. The summed E-state index contributed by atoms with van der Waals surface area (Å²) >= 11 is 0. The Bertz CT molecular complexity index is 185. The highest BCUT2D eigenvalue weighted by Crippen LogP contribution is 2.25. The predicted molar refractivity (Wildman–Crippen MR) is 56.6 cm³/mol. The summed E-state index contributed by atoms with van der Waals surface area (Å²) in [4.78, 5) is 3.56. The van der Waals surface area contributed by atoms with E-state index in [-0.39, 0.29) is 0 Å². The van der Waals surface area contributed by atoms with Gasteiger partial charge in [0.15, 0.2) is 0 Å². The molecule has 0 amide bonds. The lowest BCUT2D eigenvalue weighted by atomic mass is 10.5. The molecule has 0 aromatic carbocycles. The molecule has 0 saturated heterocycles. The van der Waals surface area contributed by atoms with E-state index in [2.05, 4.69) is 42.4 Å². The van der Waals surface area contributed by atoms with E-state index in [1.165, 1.54) is 0 Å². The Labute approximate surface area is 75.6 Å². The topological polar surface area (TPSA) is 38.0 Å². The van der Waals surface area contributed by atoms with Gasteiger partial charge in [0.05, 0.1) is 0 Å². The summed E-state index contributed by atoms with van der Waals surface area (Å²) in [6.07, 6.45) is 8.80. The van der Waals surface area contributed by atoms with E-state index >= 15 is 0 Å². The summed E-state index contributed by atoms with van der Waals surface area (Å²) in [5.41, 5.74) is 6.10. The Morgan fingerprint density at radius 1 is 1.33 bits per heavy atom. The van der Waals surface area contributed by atoms with Gasteiger partial charge in [0.25, 0.3) is 0 Å². The van der Waals surface area contributed by atoms with Crippen LogP contribution in [-0.2, 0) is 0 Å². The lowest BCUT2D eigenvalue weighted by Gasteiger charge is -2.28. The van der Waals surface area contributed by atoms with Crippen molar-refractivity contribution in [3.05, 3.63) is 24.3 Å². The van der Waals surface area contributed by atoms with Gasteiger partial charge in [-0.2, -0.15) is 0 Å². The molecule has 3 N–H and O–H groups in total. The molecule has 1 rings (SSSR count). The molecule has 0 heterocycles. The minimum atomic E-state index is -1.29. The van der Waals surface area contributed by atoms with Crippen molar-refractivity contribution in [1.29, 1.82) is 0 Å². The molecule has 3 heteroatoms. The minimum Gasteiger partial charge on any atom is -0.336 e. The first-order valence-electron chi connectivity index (χ1n) is 4.47. The fourth-order valence-electron chi connectivity index (χ4n) is 1.43. The van der Waals surface area contributed by atoms with Crippen molar-refractivity contribution in [3.8, 4) is 0 Å². The fraction of sp³-hybridized carbons (Fsp3) is 0.556. The fourth-order valence-corrected chi connectivity index (χ4v) is 3.63. The summed E-state index contributed by atoms with van der Waals surface area (Å²) in [6.45, 7) is 6.36. The van der Waals surface area contributed by atoms with Crippen LogP contribution in [0.1, 0.15) is 0 Å². The van der Waals surface area contributed by atoms with Crippen molar-refractivity contribution >= 4 is 8.24 Å². The molecular formula is C9H18N2Si. The van der Waals surface area contributed by atoms with Gasteiger partial charge in [0, 0.05) is 18.6 Å². The Kier molecular flexibility index (Phi) is 3.26. The van der Waals surface area contributed by atoms with Crippen molar-refractivity contribution < 1.29 is 0 Å². The molecule has 0 spiro atoms. The zero-order valence-corrected chi connectivity index (χ0v) is 8.88. The summed E-state index contributed by atoms with van der Waals surface area (Å²) < 4.78 is 0. The highest BCUT2D eigenvalue weighted by atomic mass is 28.3. The average Bonchev–Trinajstić information content (AvgIpc) is 2.53. The zero-order chi connectivity index (χ0) is 9.03. The monoisotopic (exact) mass is 182 g/mol. The predicted octanol–water partition coefficient (Wildman–Crippen LogP) is 1.24. The maximum atomic E-state index is 5.46. The van der Waals surface area contributed by atoms with Crippen LogP contribution in [0.4, 0.5) is 0 Å². The first kappa shape index (κ1) is 9.70. The molecule has 2 nitrogen and oxygen atoms in total. The molecule has 0 bridgehead atoms. The number of allylic oxidation sites excluding steroid dienone is 4. The van der Waals surface area contributed by atoms with Crippen LogP contribution in [0.3, 0.4) is 0 Å². The van der Waals surface area contributed by atoms with Crippen LogP contribution in [0.5, 0.6) is 0 Å². The maximum absolute atomic E-state index is 5.46. The van der Waals surface area contributed by atoms with Crippen molar-refractivity contribution in [2.45, 2.75) is 18.6 Å². The molecule has 0 aromatic rings. The molecule has 12 heavy (non-hydrogen) atoms. The van der Waals surface area contributed by atoms with Crippen molar-refractivity contribution in [3.63, 3.8) is 0 Å². The van der Waals surface area contributed by atoms with E-state index in [4.69, 9.17) is 5.73 Å². The third-order valence-corrected chi connectivity index (χ3v) is 5.52. The van der Waals surface area contributed by atoms with Crippen LogP contribution in [0.25, 0.3) is 0 Å². The Balaban J connectivity index is 2.46. The van der Waals surface area contributed by atoms with Gasteiger partial charge in [-0.05, 0) is 0 Å². The van der Waals surface area contributed by atoms with Crippen molar-refractivity contribution in [1.82, 2.24) is 4.98 Å². The van der Waals surface area contributed by atoms with Crippen LogP contribution >= 0.6 is 0 Å². The minimum absolute atomic E-state index is 0.643. The maximum Gasteiger partial charge on any atom is 0.130 e. The number of nitrogens with two attached hydrogens (primary N) is 1. The van der Waals surface area contributed by atoms with Crippen LogP contribution < -0.4 is 10.7 Å². The number of nitrogens with one attached hydrogen (secondary N) is 1. The van der Waals surface area contributed by atoms with E-state index in [1.54, 1.807) is 0 Å². The molecule has 0 radical (unpaired) electrons. The SMILES string of the molecule is C[Si](C)(NCCN)C1C=CC=C1. The Morgan fingerprint density at radius 2 is 1.92 bits per heavy atom. The lowest BCUT2D eigenvalue weighted by molar-refractivity contribution is 0.862. The van der Waals surface area contributed by atoms with E-state index < -0.39 is 8.24 Å². The number of hydrogen-bond acceptors (Lipinski definition) is 2. The van der Waals surface area contributed by atoms with E-state index in [0.717, 1.165) is 13.1 Å². The second kappa shape index (κ2) is 4.03. The molecule has 0 fully saturated rings. The van der Waals surface area contributed by atoms with E-state index in [0.29, 0.717) is 5.54 Å². The normalized spacial score (nSPS) is 17.6. The Morgan fingerprint density at radius 3 is 2.42 bits per heavy atom. The van der Waals surface area contributed by atoms with Crippen LogP contribution in [0, 0.1) is 0 Å². The van der Waals surface area contributed by atoms with E-state index in [9.17, 15) is 0 Å². The molecule has 0 aromatic heterocycles. The van der Waals surface area contributed by atoms with Gasteiger partial charge in [0.1, 0.15) is 8.24 Å². The van der Waals surface area contributed by atoms with E-state index in [1.807, 2.05) is 0 Å². The van der Waals surface area contributed by atoms with Gasteiger partial charge in [-0.1, -0.05) is 37.4 Å². The molecule has 1 aliphatic carbocycles. The molecule has 0 aliphatic heterocycles. The Hall–Kier alpha value is -0.383. The third-order valence-electron chi connectivity index (χ3n) is 2.31. The summed E-state index contributed by atoms with van der Waals surface area (Å²) in [7, 11) is -1.29. The quantitative estimate of drug-likeness (QED) is 0.642. The molecule has 0 unspecified atom stereocenters. The first-order chi connectivity index (χ1) is 5.67. The standard InChI is InChI=1S/C9H18N2Si/c1-12(2,11-8-7-10)9-5-3-4-6-9/h3-6,9,11H,7-8,10H2,1-2H3. The first-order valence-corrected chi connectivity index (χ1v) is 7.54. The van der Waals surface area contributed by atoms with Gasteiger partial charge in [-0.25, -0.2) is 0 Å². The highest BCUT2D eigenvalue weighted by Gasteiger charge is 2.28. The third kappa shape index (κ3) is 2.30. The van der Waals surface area contributed by atoms with Crippen molar-refractivity contribution in [2.24, 2.45) is 5.73 Å². The smallest absolute Gasteiger partial charge is 0.130 e. The summed E-state index contributed by atoms with van der Waals surface area (Å²) in [5, 5.41) is 0. The highest BCUT2D eigenvalue weighted by molar-refractivity contribution is 6.77. The van der Waals surface area contributed by atoms with Gasteiger partial charge in [0.2, 0.25) is 0 Å². The van der Waals surface area contributed by atoms with Crippen LogP contribution in [0.15, 0.2) is 24.3 Å². The second-order valence-electron chi connectivity index (χ2n) is 3.73. The summed E-state index contributed by atoms with van der Waals surface area (Å²) in [5.74, 6) is 0. The summed E-state index contributed by atoms with van der Waals surface area (Å²) in [6, 6.07) is 0. The molecular weight excluding hydrogens is 164 g/mol. The molecule has 0 atom stereocenters. The average molecular weight is 182 g/mol. The largest absolute Gasteiger partial charge is 0.336 e. The lowest BCUT2D eigenvalue weighted by Crippen LogP contribution is -2.49. The number of rotatable bonds is 4. The van der Waals surface area contributed by atoms with Crippen molar-refractivity contribution in [2.75, 3.05) is 13.1 Å². The van der Waals surface area contributed by atoms with Gasteiger partial charge in [-0.15, -0.1) is 0 Å². The van der Waals surface area contributed by atoms with Gasteiger partial charge in [-0.3, -0.25) is 0 Å². The second-order valence-corrected chi connectivity index (χ2v) is 8.20. The molecule has 1 aliphatic rings. The zero-order valence-electron chi connectivity index (χ0n) is 7.88. The van der Waals surface area contributed by atoms with Gasteiger partial charge >= 0.3 is 0 Å². The number of hydrogen-bond donors (Lipinski definition) is 2. The van der Waals surface area contributed by atoms with Gasteiger partial charge < -0.3 is 10.7 Å². The van der Waals surface area contributed by atoms with Crippen LogP contribution in [-0.4, -0.2) is 21.3 Å².